The molecule has 1 atom stereocenters. The molecule has 0 saturated carbocycles. The van der Waals surface area contributed by atoms with E-state index >= 15 is 0 Å². The zero-order valence-corrected chi connectivity index (χ0v) is 21.8. The largest absolute Gasteiger partial charge is 0.376 e. The molecule has 7 heteroatoms. The zero-order valence-electron chi connectivity index (χ0n) is 20.2. The second kappa shape index (κ2) is 11.4. The van der Waals surface area contributed by atoms with E-state index in [4.69, 9.17) is 0 Å². The maximum Gasteiger partial charge on any atom is 0.271 e. The van der Waals surface area contributed by atoms with Crippen LogP contribution in [-0.2, 0) is 17.8 Å². The van der Waals surface area contributed by atoms with Gasteiger partial charge in [0.1, 0.15) is 11.5 Å². The molecule has 0 saturated heterocycles. The average molecular weight is 555 g/mol. The monoisotopic (exact) mass is 554 g/mol. The van der Waals surface area contributed by atoms with Crippen molar-refractivity contribution >= 4 is 27.6 Å². The molecule has 1 aliphatic rings. The number of aromatic nitrogens is 2. The molecule has 1 unspecified atom stereocenters. The van der Waals surface area contributed by atoms with E-state index in [1.807, 2.05) is 77.7 Å². The van der Waals surface area contributed by atoms with E-state index in [1.165, 1.54) is 0 Å². The van der Waals surface area contributed by atoms with Gasteiger partial charge in [0, 0.05) is 41.9 Å². The fourth-order valence-corrected chi connectivity index (χ4v) is 4.95. The number of halogens is 1. The van der Waals surface area contributed by atoms with E-state index in [-0.39, 0.29) is 11.7 Å². The number of carbonyl (C=O) groups is 2. The van der Waals surface area contributed by atoms with Gasteiger partial charge < -0.3 is 15.2 Å². The van der Waals surface area contributed by atoms with Crippen molar-refractivity contribution in [1.82, 2.24) is 20.2 Å². The van der Waals surface area contributed by atoms with Crippen LogP contribution in [0.2, 0.25) is 0 Å². The molecule has 1 aliphatic heterocycles. The molecule has 0 bridgehead atoms. The van der Waals surface area contributed by atoms with Gasteiger partial charge in [-0.15, -0.1) is 0 Å². The van der Waals surface area contributed by atoms with Gasteiger partial charge in [0.15, 0.2) is 5.78 Å². The quantitative estimate of drug-likeness (QED) is 0.249. The molecule has 2 heterocycles. The van der Waals surface area contributed by atoms with Crippen molar-refractivity contribution in [2.75, 3.05) is 6.54 Å². The summed E-state index contributed by atoms with van der Waals surface area (Å²) in [5.74, 6) is 0.566. The van der Waals surface area contributed by atoms with Crippen molar-refractivity contribution in [3.05, 3.63) is 136 Å². The van der Waals surface area contributed by atoms with Crippen LogP contribution in [-0.4, -0.2) is 33.1 Å². The first-order valence-corrected chi connectivity index (χ1v) is 13.1. The lowest BCUT2D eigenvalue weighted by Gasteiger charge is -2.27. The molecule has 2 N–H and O–H groups in total. The number of aromatic amines is 1. The minimum absolute atomic E-state index is 0.147. The number of imidazole rings is 1. The molecule has 3 aromatic carbocycles. The van der Waals surface area contributed by atoms with E-state index in [0.717, 1.165) is 21.4 Å². The molecule has 1 amide bonds. The number of H-pyrrole nitrogens is 1. The molecule has 0 aliphatic carbocycles. The van der Waals surface area contributed by atoms with Crippen molar-refractivity contribution in [3.63, 3.8) is 0 Å². The molecular formula is C30H27BrN4O2. The first-order chi connectivity index (χ1) is 18.1. The maximum absolute atomic E-state index is 14.0. The van der Waals surface area contributed by atoms with Crippen LogP contribution in [0.3, 0.4) is 0 Å². The van der Waals surface area contributed by atoms with E-state index < -0.39 is 6.04 Å². The van der Waals surface area contributed by atoms with Gasteiger partial charge in [0.2, 0.25) is 0 Å². The minimum atomic E-state index is -0.497. The van der Waals surface area contributed by atoms with Crippen LogP contribution in [0, 0.1) is 0 Å². The van der Waals surface area contributed by atoms with Crippen molar-refractivity contribution in [1.29, 1.82) is 0 Å². The number of nitrogens with zero attached hydrogens (tertiary/aromatic N) is 2. The molecule has 1 aromatic heterocycles. The van der Waals surface area contributed by atoms with Crippen LogP contribution in [0.25, 0.3) is 0 Å². The van der Waals surface area contributed by atoms with E-state index in [0.29, 0.717) is 42.8 Å². The Hall–Kier alpha value is -3.97. The third-order valence-electron chi connectivity index (χ3n) is 6.48. The topological polar surface area (TPSA) is 78.1 Å². The summed E-state index contributed by atoms with van der Waals surface area (Å²) in [5, 5.41) is 3.33. The van der Waals surface area contributed by atoms with Crippen molar-refractivity contribution in [3.8, 4) is 0 Å². The van der Waals surface area contributed by atoms with Crippen molar-refractivity contribution in [2.45, 2.75) is 25.4 Å². The average Bonchev–Trinajstić information content (AvgIpc) is 3.55. The zero-order chi connectivity index (χ0) is 25.6. The Labute approximate surface area is 224 Å². The number of hydrogen-bond donors (Lipinski definition) is 2. The second-order valence-corrected chi connectivity index (χ2v) is 9.83. The first kappa shape index (κ1) is 24.7. The summed E-state index contributed by atoms with van der Waals surface area (Å²) in [6.07, 6.45) is 4.94. The number of hydrogen-bond acceptors (Lipinski definition) is 4. The van der Waals surface area contributed by atoms with Gasteiger partial charge in [-0.05, 0) is 29.7 Å². The highest BCUT2D eigenvalue weighted by atomic mass is 79.9. The Morgan fingerprint density at radius 3 is 2.35 bits per heavy atom. The Morgan fingerprint density at radius 2 is 1.68 bits per heavy atom. The number of aryl methyl sites for hydroxylation is 1. The smallest absolute Gasteiger partial charge is 0.271 e. The van der Waals surface area contributed by atoms with E-state index in [2.05, 4.69) is 31.2 Å². The minimum Gasteiger partial charge on any atom is -0.376 e. The third kappa shape index (κ3) is 5.57. The molecule has 0 spiro atoms. The maximum atomic E-state index is 14.0. The van der Waals surface area contributed by atoms with Gasteiger partial charge in [-0.2, -0.15) is 0 Å². The number of Topliss-reactive ketones (excluding diaryl/α,β-unsaturated/α-hetero) is 1. The number of ketones is 1. The highest BCUT2D eigenvalue weighted by molar-refractivity contribution is 9.10. The predicted octanol–water partition coefficient (Wildman–Crippen LogP) is 5.62. The molecule has 0 fully saturated rings. The number of carbonyl (C=O) groups excluding carboxylic acids is 2. The van der Waals surface area contributed by atoms with Crippen molar-refractivity contribution < 1.29 is 9.59 Å². The highest BCUT2D eigenvalue weighted by Gasteiger charge is 2.43. The summed E-state index contributed by atoms with van der Waals surface area (Å²) in [7, 11) is 0. The number of benzene rings is 3. The summed E-state index contributed by atoms with van der Waals surface area (Å²) in [5.41, 5.74) is 3.33. The second-order valence-electron chi connectivity index (χ2n) is 8.92. The molecule has 37 heavy (non-hydrogen) atoms. The Balaban J connectivity index is 1.53. The number of amides is 1. The standard InChI is InChI=1S/C30H27BrN4O2/c31-24-15-13-22(14-16-24)28-26(29(36)23-10-5-2-6-11-23)27(34-20-21-8-3-1-4-9-21)30(37)35(28)19-7-12-25-32-17-18-33-25/h1-6,8-11,13-18,28,34H,7,12,19-20H2,(H,32,33). The van der Waals surface area contributed by atoms with E-state index in [9.17, 15) is 9.59 Å². The summed E-state index contributed by atoms with van der Waals surface area (Å²) in [6, 6.07) is 26.4. The summed E-state index contributed by atoms with van der Waals surface area (Å²) in [6.45, 7) is 0.934. The lowest BCUT2D eigenvalue weighted by Crippen LogP contribution is -2.34. The van der Waals surface area contributed by atoms with Gasteiger partial charge in [-0.25, -0.2) is 4.98 Å². The summed E-state index contributed by atoms with van der Waals surface area (Å²) < 4.78 is 0.937. The van der Waals surface area contributed by atoms with Crippen LogP contribution in [0.15, 0.2) is 113 Å². The van der Waals surface area contributed by atoms with Crippen molar-refractivity contribution in [2.24, 2.45) is 0 Å². The molecule has 4 aromatic rings. The molecule has 5 rings (SSSR count). The Morgan fingerprint density at radius 1 is 0.973 bits per heavy atom. The SMILES string of the molecule is O=C(C1=C(NCc2ccccc2)C(=O)N(CCCc2ncc[nH]2)C1c1ccc(Br)cc1)c1ccccc1. The van der Waals surface area contributed by atoms with Gasteiger partial charge >= 0.3 is 0 Å². The normalized spacial score (nSPS) is 15.3. The van der Waals surface area contributed by atoms with Crippen LogP contribution in [0.5, 0.6) is 0 Å². The predicted molar refractivity (Wildman–Crippen MR) is 147 cm³/mol. The Kier molecular flexibility index (Phi) is 7.61. The molecule has 6 nitrogen and oxygen atoms in total. The lowest BCUT2D eigenvalue weighted by atomic mass is 9.92. The van der Waals surface area contributed by atoms with Crippen LogP contribution < -0.4 is 5.32 Å². The van der Waals surface area contributed by atoms with Gasteiger partial charge in [0.25, 0.3) is 5.91 Å². The molecule has 0 radical (unpaired) electrons. The number of rotatable bonds is 10. The Bertz CT molecular complexity index is 1380. The van der Waals surface area contributed by atoms with Gasteiger partial charge in [-0.3, -0.25) is 9.59 Å². The van der Waals surface area contributed by atoms with Gasteiger partial charge in [-0.1, -0.05) is 88.7 Å². The van der Waals surface area contributed by atoms with Gasteiger partial charge in [0.05, 0.1) is 11.6 Å². The molecule has 186 valence electrons. The third-order valence-corrected chi connectivity index (χ3v) is 7.00. The van der Waals surface area contributed by atoms with Crippen LogP contribution >= 0.6 is 15.9 Å². The lowest BCUT2D eigenvalue weighted by molar-refractivity contribution is -0.127. The highest BCUT2D eigenvalue weighted by Crippen LogP contribution is 2.39. The summed E-state index contributed by atoms with van der Waals surface area (Å²) in [4.78, 5) is 37.1. The fourth-order valence-electron chi connectivity index (χ4n) is 4.68. The first-order valence-electron chi connectivity index (χ1n) is 12.3. The number of nitrogens with one attached hydrogen (secondary N) is 2. The molecular weight excluding hydrogens is 528 g/mol. The van der Waals surface area contributed by atoms with E-state index in [1.54, 1.807) is 24.5 Å². The van der Waals surface area contributed by atoms with Crippen LogP contribution in [0.1, 0.15) is 39.8 Å². The van der Waals surface area contributed by atoms with Crippen LogP contribution in [0.4, 0.5) is 0 Å². The summed E-state index contributed by atoms with van der Waals surface area (Å²) >= 11 is 3.51. The fraction of sp³-hybridized carbons (Fsp3) is 0.167.